The van der Waals surface area contributed by atoms with Crippen LogP contribution in [0, 0.1) is 11.8 Å². The average molecular weight is 213 g/mol. The van der Waals surface area contributed by atoms with Crippen molar-refractivity contribution in [3.8, 4) is 0 Å². The fourth-order valence-corrected chi connectivity index (χ4v) is 1.94. The van der Waals surface area contributed by atoms with Gasteiger partial charge in [0.2, 0.25) is 0 Å². The number of Topliss-reactive ketones (excluding diaryl/α,β-unsaturated/α-hetero) is 1. The Labute approximate surface area is 90.6 Å². The van der Waals surface area contributed by atoms with Crippen LogP contribution >= 0.6 is 0 Å². The van der Waals surface area contributed by atoms with Gasteiger partial charge in [-0.15, -0.1) is 0 Å². The van der Waals surface area contributed by atoms with E-state index in [4.69, 9.17) is 0 Å². The molecule has 1 heterocycles. The maximum Gasteiger partial charge on any atom is 0.317 e. The summed E-state index contributed by atoms with van der Waals surface area (Å²) in [7, 11) is 1.33. The van der Waals surface area contributed by atoms with E-state index in [-0.39, 0.29) is 11.7 Å². The summed E-state index contributed by atoms with van der Waals surface area (Å²) in [6.07, 6.45) is 0. The Morgan fingerprint density at radius 3 is 2.53 bits per heavy atom. The minimum atomic E-state index is -0.596. The standard InChI is InChI=1S/C11H19NO3/c1-7(2)12-5-8(3)10(13)9(6-12)11(14)15-4/h7-9H,5-6H2,1-4H3. The summed E-state index contributed by atoms with van der Waals surface area (Å²) in [5.41, 5.74) is 0. The second kappa shape index (κ2) is 4.75. The molecular formula is C11H19NO3. The van der Waals surface area contributed by atoms with E-state index in [1.54, 1.807) is 0 Å². The first kappa shape index (κ1) is 12.2. The lowest BCUT2D eigenvalue weighted by molar-refractivity contribution is -0.154. The number of likely N-dealkylation sites (tertiary alicyclic amines) is 1. The zero-order valence-electron chi connectivity index (χ0n) is 9.82. The number of ketones is 1. The molecule has 0 aromatic heterocycles. The van der Waals surface area contributed by atoms with Gasteiger partial charge in [0.1, 0.15) is 5.92 Å². The summed E-state index contributed by atoms with van der Waals surface area (Å²) in [5.74, 6) is -1.07. The Balaban J connectivity index is 2.77. The zero-order chi connectivity index (χ0) is 11.6. The van der Waals surface area contributed by atoms with Crippen LogP contribution in [0.1, 0.15) is 20.8 Å². The first-order valence-electron chi connectivity index (χ1n) is 5.33. The number of esters is 1. The molecule has 0 amide bonds. The molecule has 1 aliphatic heterocycles. The van der Waals surface area contributed by atoms with Gasteiger partial charge in [-0.05, 0) is 13.8 Å². The largest absolute Gasteiger partial charge is 0.468 e. The minimum absolute atomic E-state index is 0.0127. The lowest BCUT2D eigenvalue weighted by atomic mass is 9.88. The van der Waals surface area contributed by atoms with Crippen LogP contribution in [-0.2, 0) is 14.3 Å². The molecule has 15 heavy (non-hydrogen) atoms. The van der Waals surface area contributed by atoms with Crippen LogP contribution in [0.5, 0.6) is 0 Å². The van der Waals surface area contributed by atoms with Gasteiger partial charge in [-0.2, -0.15) is 0 Å². The van der Waals surface area contributed by atoms with Crippen LogP contribution in [0.2, 0.25) is 0 Å². The summed E-state index contributed by atoms with van der Waals surface area (Å²) >= 11 is 0. The molecular weight excluding hydrogens is 194 g/mol. The number of carbonyl (C=O) groups is 2. The summed E-state index contributed by atoms with van der Waals surface area (Å²) in [4.78, 5) is 25.3. The molecule has 0 aromatic rings. The molecule has 1 aliphatic rings. The summed E-state index contributed by atoms with van der Waals surface area (Å²) in [6, 6.07) is 0.354. The van der Waals surface area contributed by atoms with Crippen LogP contribution in [0.15, 0.2) is 0 Å². The van der Waals surface area contributed by atoms with E-state index in [2.05, 4.69) is 23.5 Å². The summed E-state index contributed by atoms with van der Waals surface area (Å²) in [6.45, 7) is 7.23. The fraction of sp³-hybridized carbons (Fsp3) is 0.818. The number of hydrogen-bond acceptors (Lipinski definition) is 4. The highest BCUT2D eigenvalue weighted by Crippen LogP contribution is 2.20. The molecule has 86 valence electrons. The van der Waals surface area contributed by atoms with Crippen molar-refractivity contribution in [2.24, 2.45) is 11.8 Å². The zero-order valence-corrected chi connectivity index (χ0v) is 9.82. The predicted molar refractivity (Wildman–Crippen MR) is 56.4 cm³/mol. The lowest BCUT2D eigenvalue weighted by Crippen LogP contribution is -2.51. The Bertz CT molecular complexity index is 263. The Morgan fingerprint density at radius 2 is 2.07 bits per heavy atom. The summed E-state index contributed by atoms with van der Waals surface area (Å²) < 4.78 is 4.65. The van der Waals surface area contributed by atoms with Crippen molar-refractivity contribution >= 4 is 11.8 Å². The van der Waals surface area contributed by atoms with E-state index in [0.29, 0.717) is 12.6 Å². The fourth-order valence-electron chi connectivity index (χ4n) is 1.94. The molecule has 1 rings (SSSR count). The molecule has 4 nitrogen and oxygen atoms in total. The van der Waals surface area contributed by atoms with E-state index in [9.17, 15) is 9.59 Å². The van der Waals surface area contributed by atoms with Gasteiger partial charge in [0.25, 0.3) is 0 Å². The van der Waals surface area contributed by atoms with Gasteiger partial charge in [0.15, 0.2) is 5.78 Å². The maximum absolute atomic E-state index is 11.8. The van der Waals surface area contributed by atoms with Gasteiger partial charge in [-0.1, -0.05) is 6.92 Å². The van der Waals surface area contributed by atoms with Crippen LogP contribution in [0.3, 0.4) is 0 Å². The van der Waals surface area contributed by atoms with Gasteiger partial charge in [-0.25, -0.2) is 0 Å². The van der Waals surface area contributed by atoms with Crippen molar-refractivity contribution in [3.63, 3.8) is 0 Å². The average Bonchev–Trinajstić information content (AvgIpc) is 2.20. The first-order valence-corrected chi connectivity index (χ1v) is 5.33. The molecule has 1 fully saturated rings. The number of rotatable bonds is 2. The van der Waals surface area contributed by atoms with E-state index in [1.165, 1.54) is 7.11 Å². The Morgan fingerprint density at radius 1 is 1.47 bits per heavy atom. The normalized spacial score (nSPS) is 28.2. The van der Waals surface area contributed by atoms with Gasteiger partial charge >= 0.3 is 5.97 Å². The van der Waals surface area contributed by atoms with Crippen molar-refractivity contribution in [3.05, 3.63) is 0 Å². The van der Waals surface area contributed by atoms with Crippen LogP contribution < -0.4 is 0 Å². The molecule has 1 saturated heterocycles. The van der Waals surface area contributed by atoms with Crippen LogP contribution in [-0.4, -0.2) is 42.9 Å². The molecule has 0 N–H and O–H groups in total. The highest BCUT2D eigenvalue weighted by molar-refractivity contribution is 6.00. The third-order valence-corrected chi connectivity index (χ3v) is 2.97. The quantitative estimate of drug-likeness (QED) is 0.500. The third kappa shape index (κ3) is 2.56. The SMILES string of the molecule is COC(=O)C1CN(C(C)C)CC(C)C1=O. The number of ether oxygens (including phenoxy) is 1. The number of hydrogen-bond donors (Lipinski definition) is 0. The maximum atomic E-state index is 11.8. The van der Waals surface area contributed by atoms with E-state index < -0.39 is 11.9 Å². The molecule has 2 atom stereocenters. The van der Waals surface area contributed by atoms with Gasteiger partial charge < -0.3 is 4.74 Å². The smallest absolute Gasteiger partial charge is 0.317 e. The molecule has 0 aromatic carbocycles. The van der Waals surface area contributed by atoms with E-state index in [0.717, 1.165) is 6.54 Å². The number of piperidine rings is 1. The number of nitrogens with zero attached hydrogens (tertiary/aromatic N) is 1. The van der Waals surface area contributed by atoms with Crippen molar-refractivity contribution in [2.75, 3.05) is 20.2 Å². The van der Waals surface area contributed by atoms with Gasteiger partial charge in [0, 0.05) is 25.0 Å². The van der Waals surface area contributed by atoms with Crippen LogP contribution in [0.25, 0.3) is 0 Å². The topological polar surface area (TPSA) is 46.6 Å². The minimum Gasteiger partial charge on any atom is -0.468 e. The predicted octanol–water partition coefficient (Wildman–Crippen LogP) is 0.705. The molecule has 4 heteroatoms. The molecule has 0 bridgehead atoms. The number of methoxy groups -OCH3 is 1. The van der Waals surface area contributed by atoms with E-state index in [1.807, 2.05) is 6.92 Å². The van der Waals surface area contributed by atoms with Crippen LogP contribution in [0.4, 0.5) is 0 Å². The molecule has 0 aliphatic carbocycles. The Kier molecular flexibility index (Phi) is 3.85. The highest BCUT2D eigenvalue weighted by atomic mass is 16.5. The second-order valence-corrected chi connectivity index (χ2v) is 4.43. The van der Waals surface area contributed by atoms with Crippen molar-refractivity contribution in [1.29, 1.82) is 0 Å². The van der Waals surface area contributed by atoms with Gasteiger partial charge in [-0.3, -0.25) is 14.5 Å². The molecule has 0 spiro atoms. The van der Waals surface area contributed by atoms with Crippen molar-refractivity contribution < 1.29 is 14.3 Å². The van der Waals surface area contributed by atoms with E-state index >= 15 is 0 Å². The second-order valence-electron chi connectivity index (χ2n) is 4.43. The van der Waals surface area contributed by atoms with Gasteiger partial charge in [0.05, 0.1) is 7.11 Å². The Hall–Kier alpha value is -0.900. The van der Waals surface area contributed by atoms with Crippen molar-refractivity contribution in [2.45, 2.75) is 26.8 Å². The first-order chi connectivity index (χ1) is 6.97. The summed E-state index contributed by atoms with van der Waals surface area (Å²) in [5, 5.41) is 0. The molecule has 2 unspecified atom stereocenters. The molecule has 0 saturated carbocycles. The number of carbonyl (C=O) groups excluding carboxylic acids is 2. The molecule has 0 radical (unpaired) electrons. The monoisotopic (exact) mass is 213 g/mol. The van der Waals surface area contributed by atoms with Crippen molar-refractivity contribution in [1.82, 2.24) is 4.90 Å². The third-order valence-electron chi connectivity index (χ3n) is 2.97. The lowest BCUT2D eigenvalue weighted by Gasteiger charge is -2.36. The highest BCUT2D eigenvalue weighted by Gasteiger charge is 2.38.